The van der Waals surface area contributed by atoms with E-state index < -0.39 is 11.4 Å². The van der Waals surface area contributed by atoms with E-state index in [9.17, 15) is 9.18 Å². The van der Waals surface area contributed by atoms with Gasteiger partial charge in [-0.3, -0.25) is 4.79 Å². The van der Waals surface area contributed by atoms with E-state index in [1.807, 2.05) is 0 Å². The molecule has 1 amide bonds. The molecular formula is C14H21FN2O2. The third-order valence-electron chi connectivity index (χ3n) is 2.40. The number of hydrogen-bond acceptors (Lipinski definition) is 3. The summed E-state index contributed by atoms with van der Waals surface area (Å²) >= 11 is 0. The molecular weight excluding hydrogens is 247 g/mol. The van der Waals surface area contributed by atoms with Crippen molar-refractivity contribution in [1.29, 1.82) is 0 Å². The van der Waals surface area contributed by atoms with Crippen LogP contribution in [0.3, 0.4) is 0 Å². The molecule has 0 aliphatic rings. The summed E-state index contributed by atoms with van der Waals surface area (Å²) in [5.41, 5.74) is 5.88. The van der Waals surface area contributed by atoms with Gasteiger partial charge in [-0.15, -0.1) is 0 Å². The van der Waals surface area contributed by atoms with Crippen molar-refractivity contribution < 1.29 is 13.9 Å². The Labute approximate surface area is 113 Å². The number of amides is 1. The topological polar surface area (TPSA) is 64.3 Å². The van der Waals surface area contributed by atoms with Crippen LogP contribution in [0.1, 0.15) is 32.8 Å². The van der Waals surface area contributed by atoms with Gasteiger partial charge >= 0.3 is 0 Å². The number of nitrogens with two attached hydrogens (primary N) is 1. The molecule has 4 nitrogen and oxygen atoms in total. The Morgan fingerprint density at radius 3 is 2.68 bits per heavy atom. The second-order valence-corrected chi connectivity index (χ2v) is 5.14. The maximum Gasteiger partial charge on any atom is 0.222 e. The van der Waals surface area contributed by atoms with Crippen molar-refractivity contribution in [1.82, 2.24) is 5.32 Å². The monoisotopic (exact) mass is 268 g/mol. The van der Waals surface area contributed by atoms with Crippen LogP contribution in [0.2, 0.25) is 0 Å². The highest BCUT2D eigenvalue weighted by Gasteiger charge is 2.16. The van der Waals surface area contributed by atoms with E-state index in [2.05, 4.69) is 5.32 Å². The first-order valence-electron chi connectivity index (χ1n) is 6.28. The normalized spacial score (nSPS) is 11.2. The molecule has 0 bridgehead atoms. The lowest BCUT2D eigenvalue weighted by Crippen LogP contribution is -2.38. The summed E-state index contributed by atoms with van der Waals surface area (Å²) in [7, 11) is 0. The third-order valence-corrected chi connectivity index (χ3v) is 2.40. The van der Waals surface area contributed by atoms with E-state index in [-0.39, 0.29) is 24.6 Å². The lowest BCUT2D eigenvalue weighted by Gasteiger charge is -2.17. The largest absolute Gasteiger partial charge is 0.491 e. The van der Waals surface area contributed by atoms with Crippen LogP contribution in [-0.4, -0.2) is 18.1 Å². The maximum atomic E-state index is 13.6. The van der Waals surface area contributed by atoms with Crippen molar-refractivity contribution in [2.24, 2.45) is 5.73 Å². The lowest BCUT2D eigenvalue weighted by atomic mass is 10.0. The minimum atomic E-state index is -0.547. The summed E-state index contributed by atoms with van der Waals surface area (Å²) in [4.78, 5) is 11.6. The Morgan fingerprint density at radius 2 is 2.16 bits per heavy atom. The Bertz CT molecular complexity index is 442. The molecule has 0 aliphatic carbocycles. The summed E-state index contributed by atoms with van der Waals surface area (Å²) in [6.45, 7) is 6.05. The highest BCUT2D eigenvalue weighted by atomic mass is 19.1. The minimum absolute atomic E-state index is 0.151. The van der Waals surface area contributed by atoms with Crippen molar-refractivity contribution in [3.63, 3.8) is 0 Å². The number of hydrogen-bond donors (Lipinski definition) is 2. The molecule has 0 radical (unpaired) electrons. The van der Waals surface area contributed by atoms with Crippen LogP contribution in [0.15, 0.2) is 18.2 Å². The van der Waals surface area contributed by atoms with Crippen LogP contribution in [0.5, 0.6) is 5.75 Å². The Morgan fingerprint density at radius 1 is 1.47 bits per heavy atom. The molecule has 19 heavy (non-hydrogen) atoms. The number of nitrogens with one attached hydrogen (secondary N) is 1. The smallest absolute Gasteiger partial charge is 0.222 e. The van der Waals surface area contributed by atoms with Crippen LogP contribution >= 0.6 is 0 Å². The fraction of sp³-hybridized carbons (Fsp3) is 0.500. The van der Waals surface area contributed by atoms with Gasteiger partial charge in [-0.25, -0.2) is 4.39 Å². The van der Waals surface area contributed by atoms with Crippen molar-refractivity contribution in [2.45, 2.75) is 39.3 Å². The van der Waals surface area contributed by atoms with E-state index in [1.54, 1.807) is 32.9 Å². The summed E-state index contributed by atoms with van der Waals surface area (Å²) in [6, 6.07) is 4.65. The van der Waals surface area contributed by atoms with Gasteiger partial charge in [-0.2, -0.15) is 0 Å². The lowest BCUT2D eigenvalue weighted by molar-refractivity contribution is -0.122. The number of carbonyl (C=O) groups excluding carboxylic acids is 1. The quantitative estimate of drug-likeness (QED) is 0.829. The zero-order valence-electron chi connectivity index (χ0n) is 11.6. The first-order valence-corrected chi connectivity index (χ1v) is 6.28. The zero-order valence-corrected chi connectivity index (χ0v) is 11.6. The summed E-state index contributed by atoms with van der Waals surface area (Å²) in [5.74, 6) is -0.352. The molecule has 0 heterocycles. The van der Waals surface area contributed by atoms with Gasteiger partial charge in [-0.05, 0) is 38.5 Å². The average Bonchev–Trinajstić information content (AvgIpc) is 2.27. The molecule has 0 fully saturated rings. The van der Waals surface area contributed by atoms with Crippen LogP contribution < -0.4 is 15.8 Å². The van der Waals surface area contributed by atoms with E-state index in [4.69, 9.17) is 10.5 Å². The summed E-state index contributed by atoms with van der Waals surface area (Å²) in [5, 5.41) is 2.71. The molecule has 0 saturated carbocycles. The summed E-state index contributed by atoms with van der Waals surface area (Å²) in [6.07, 6.45) is 0.229. The Kier molecular flexibility index (Phi) is 5.30. The molecule has 1 rings (SSSR count). The van der Waals surface area contributed by atoms with E-state index >= 15 is 0 Å². The fourth-order valence-corrected chi connectivity index (χ4v) is 1.60. The predicted molar refractivity (Wildman–Crippen MR) is 72.3 cm³/mol. The SMILES string of the molecule is CCOc1ccc(CNC(=O)CC(C)(C)N)cc1F. The number of halogens is 1. The molecule has 0 aliphatic heterocycles. The molecule has 5 heteroatoms. The molecule has 0 aromatic heterocycles. The van der Waals surface area contributed by atoms with Gasteiger partial charge in [0.25, 0.3) is 0 Å². The van der Waals surface area contributed by atoms with Crippen molar-refractivity contribution in [3.05, 3.63) is 29.6 Å². The average molecular weight is 268 g/mol. The highest BCUT2D eigenvalue weighted by Crippen LogP contribution is 2.18. The Hall–Kier alpha value is -1.62. The van der Waals surface area contributed by atoms with Crippen molar-refractivity contribution in [2.75, 3.05) is 6.61 Å². The second kappa shape index (κ2) is 6.52. The number of rotatable bonds is 6. The standard InChI is InChI=1S/C14H21FN2O2/c1-4-19-12-6-5-10(7-11(12)15)9-17-13(18)8-14(2,3)16/h5-7H,4,8-9,16H2,1-3H3,(H,17,18). The van der Waals surface area contributed by atoms with Crippen molar-refractivity contribution >= 4 is 5.91 Å². The van der Waals surface area contributed by atoms with E-state index in [0.717, 1.165) is 0 Å². The molecule has 0 spiro atoms. The fourth-order valence-electron chi connectivity index (χ4n) is 1.60. The molecule has 0 saturated heterocycles. The zero-order chi connectivity index (χ0) is 14.5. The first kappa shape index (κ1) is 15.4. The van der Waals surface area contributed by atoms with Crippen LogP contribution in [0, 0.1) is 5.82 Å². The number of carbonyl (C=O) groups is 1. The first-order chi connectivity index (χ1) is 8.81. The third kappa shape index (κ3) is 5.70. The maximum absolute atomic E-state index is 13.6. The summed E-state index contributed by atoms with van der Waals surface area (Å²) < 4.78 is 18.7. The van der Waals surface area contributed by atoms with E-state index in [1.165, 1.54) is 6.07 Å². The van der Waals surface area contributed by atoms with Gasteiger partial charge in [0, 0.05) is 18.5 Å². The van der Waals surface area contributed by atoms with Gasteiger partial charge in [0.05, 0.1) is 6.61 Å². The predicted octanol–water partition coefficient (Wildman–Crippen LogP) is 1.97. The second-order valence-electron chi connectivity index (χ2n) is 5.14. The minimum Gasteiger partial charge on any atom is -0.491 e. The van der Waals surface area contributed by atoms with Crippen LogP contribution in [0.25, 0.3) is 0 Å². The van der Waals surface area contributed by atoms with E-state index in [0.29, 0.717) is 12.2 Å². The molecule has 0 unspecified atom stereocenters. The van der Waals surface area contributed by atoms with Gasteiger partial charge in [0.1, 0.15) is 0 Å². The van der Waals surface area contributed by atoms with Gasteiger partial charge < -0.3 is 15.8 Å². The van der Waals surface area contributed by atoms with Crippen LogP contribution in [0.4, 0.5) is 4.39 Å². The van der Waals surface area contributed by atoms with Gasteiger partial charge in [0.15, 0.2) is 11.6 Å². The molecule has 0 atom stereocenters. The Balaban J connectivity index is 2.54. The van der Waals surface area contributed by atoms with Crippen molar-refractivity contribution in [3.8, 4) is 5.75 Å². The number of ether oxygens (including phenoxy) is 1. The highest BCUT2D eigenvalue weighted by molar-refractivity contribution is 5.77. The number of benzene rings is 1. The van der Waals surface area contributed by atoms with Crippen LogP contribution in [-0.2, 0) is 11.3 Å². The van der Waals surface area contributed by atoms with Gasteiger partial charge in [0.2, 0.25) is 5.91 Å². The molecule has 1 aromatic carbocycles. The molecule has 3 N–H and O–H groups in total. The van der Waals surface area contributed by atoms with Gasteiger partial charge in [-0.1, -0.05) is 6.07 Å². The molecule has 1 aromatic rings. The molecule has 106 valence electrons.